The predicted octanol–water partition coefficient (Wildman–Crippen LogP) is 3.53. The van der Waals surface area contributed by atoms with Gasteiger partial charge in [0.2, 0.25) is 0 Å². The molecule has 1 N–H and O–H groups in total. The van der Waals surface area contributed by atoms with E-state index in [1.54, 1.807) is 40.5 Å². The Bertz CT molecular complexity index is 1020. The quantitative estimate of drug-likeness (QED) is 0.611. The molecular weight excluding hydrogens is 339 g/mol. The number of carbonyl (C=O) groups is 1. The van der Waals surface area contributed by atoms with Crippen LogP contribution >= 0.6 is 11.3 Å². The van der Waals surface area contributed by atoms with E-state index >= 15 is 0 Å². The van der Waals surface area contributed by atoms with Crippen molar-refractivity contribution in [3.63, 3.8) is 0 Å². The third-order valence-electron chi connectivity index (χ3n) is 3.76. The minimum absolute atomic E-state index is 0.182. The number of halogens is 1. The molecule has 0 atom stereocenters. The first kappa shape index (κ1) is 15.5. The Hall–Kier alpha value is -3.06. The minimum atomic E-state index is -0.291. The number of carbonyl (C=O) groups excluding carboxylic acids is 1. The van der Waals surface area contributed by atoms with Crippen molar-refractivity contribution in [3.8, 4) is 11.3 Å². The molecule has 0 aliphatic rings. The number of pyridine rings is 1. The lowest BCUT2D eigenvalue weighted by Crippen LogP contribution is -2.23. The number of hydrogen-bond acceptors (Lipinski definition) is 4. The third-order valence-corrected chi connectivity index (χ3v) is 4.60. The summed E-state index contributed by atoms with van der Waals surface area (Å²) >= 11 is 1.39. The van der Waals surface area contributed by atoms with Crippen LogP contribution in [0.1, 0.15) is 16.1 Å². The summed E-state index contributed by atoms with van der Waals surface area (Å²) in [7, 11) is 0. The zero-order valence-corrected chi connectivity index (χ0v) is 13.8. The van der Waals surface area contributed by atoms with Crippen LogP contribution in [0, 0.1) is 5.82 Å². The molecule has 0 spiro atoms. The SMILES string of the molecule is O=C(NCc1cccnc1)c1csc2nc(-c3ccc(F)cc3)cn12. The van der Waals surface area contributed by atoms with E-state index in [0.717, 1.165) is 11.1 Å². The van der Waals surface area contributed by atoms with Crippen molar-refractivity contribution >= 4 is 22.2 Å². The van der Waals surface area contributed by atoms with E-state index < -0.39 is 0 Å². The number of imidazole rings is 1. The van der Waals surface area contributed by atoms with E-state index in [-0.39, 0.29) is 11.7 Å². The van der Waals surface area contributed by atoms with Crippen molar-refractivity contribution in [1.82, 2.24) is 19.7 Å². The Morgan fingerprint density at radius 3 is 2.84 bits per heavy atom. The van der Waals surface area contributed by atoms with Crippen molar-refractivity contribution in [2.45, 2.75) is 6.54 Å². The molecule has 7 heteroatoms. The third kappa shape index (κ3) is 3.14. The molecule has 0 bridgehead atoms. The van der Waals surface area contributed by atoms with Gasteiger partial charge in [-0.1, -0.05) is 6.07 Å². The van der Waals surface area contributed by atoms with Crippen molar-refractivity contribution in [3.05, 3.63) is 77.4 Å². The molecule has 5 nitrogen and oxygen atoms in total. The first-order chi connectivity index (χ1) is 12.2. The summed E-state index contributed by atoms with van der Waals surface area (Å²) < 4.78 is 14.8. The fourth-order valence-electron chi connectivity index (χ4n) is 2.48. The average Bonchev–Trinajstić information content (AvgIpc) is 3.22. The fraction of sp³-hybridized carbons (Fsp3) is 0.0556. The topological polar surface area (TPSA) is 59.3 Å². The highest BCUT2D eigenvalue weighted by molar-refractivity contribution is 7.15. The Morgan fingerprint density at radius 2 is 2.08 bits per heavy atom. The Balaban J connectivity index is 1.57. The summed E-state index contributed by atoms with van der Waals surface area (Å²) in [6.07, 6.45) is 5.20. The zero-order chi connectivity index (χ0) is 17.2. The van der Waals surface area contributed by atoms with Crippen LogP contribution in [0.4, 0.5) is 4.39 Å². The van der Waals surface area contributed by atoms with Gasteiger partial charge >= 0.3 is 0 Å². The van der Waals surface area contributed by atoms with E-state index in [9.17, 15) is 9.18 Å². The molecule has 0 fully saturated rings. The summed E-state index contributed by atoms with van der Waals surface area (Å²) in [6.45, 7) is 0.406. The van der Waals surface area contributed by atoms with E-state index in [4.69, 9.17) is 0 Å². The Morgan fingerprint density at radius 1 is 1.24 bits per heavy atom. The second-order valence-corrected chi connectivity index (χ2v) is 6.29. The minimum Gasteiger partial charge on any atom is -0.347 e. The van der Waals surface area contributed by atoms with Crippen molar-refractivity contribution in [2.24, 2.45) is 0 Å². The number of aromatic nitrogens is 3. The molecule has 25 heavy (non-hydrogen) atoms. The number of nitrogens with one attached hydrogen (secondary N) is 1. The Kier molecular flexibility index (Phi) is 3.99. The van der Waals surface area contributed by atoms with Crippen molar-refractivity contribution < 1.29 is 9.18 Å². The number of amides is 1. The van der Waals surface area contributed by atoms with Crippen LogP contribution < -0.4 is 5.32 Å². The van der Waals surface area contributed by atoms with Gasteiger partial charge in [-0.25, -0.2) is 9.37 Å². The van der Waals surface area contributed by atoms with Gasteiger partial charge in [0, 0.05) is 36.1 Å². The van der Waals surface area contributed by atoms with Gasteiger partial charge in [0.15, 0.2) is 4.96 Å². The summed E-state index contributed by atoms with van der Waals surface area (Å²) in [6, 6.07) is 9.86. The van der Waals surface area contributed by atoms with Crippen LogP contribution in [0.5, 0.6) is 0 Å². The lowest BCUT2D eigenvalue weighted by molar-refractivity contribution is 0.0945. The molecule has 0 saturated heterocycles. The molecule has 0 radical (unpaired) electrons. The first-order valence-corrected chi connectivity index (χ1v) is 8.48. The van der Waals surface area contributed by atoms with E-state index in [2.05, 4.69) is 15.3 Å². The summed E-state index contributed by atoms with van der Waals surface area (Å²) in [5.74, 6) is -0.474. The first-order valence-electron chi connectivity index (χ1n) is 7.60. The zero-order valence-electron chi connectivity index (χ0n) is 13.0. The maximum atomic E-state index is 13.1. The molecule has 1 aromatic carbocycles. The predicted molar refractivity (Wildman–Crippen MR) is 93.9 cm³/mol. The number of thiazole rings is 1. The molecule has 3 aromatic heterocycles. The van der Waals surface area contributed by atoms with Gasteiger partial charge < -0.3 is 5.32 Å². The van der Waals surface area contributed by atoms with Gasteiger partial charge in [-0.2, -0.15) is 0 Å². The normalized spacial score (nSPS) is 10.9. The maximum Gasteiger partial charge on any atom is 0.269 e. The highest BCUT2D eigenvalue weighted by Crippen LogP contribution is 2.24. The monoisotopic (exact) mass is 352 g/mol. The van der Waals surface area contributed by atoms with Gasteiger partial charge in [0.25, 0.3) is 5.91 Å². The number of benzene rings is 1. The number of fused-ring (bicyclic) bond motifs is 1. The molecular formula is C18H13FN4OS. The van der Waals surface area contributed by atoms with Gasteiger partial charge in [0.05, 0.1) is 5.69 Å². The van der Waals surface area contributed by atoms with Gasteiger partial charge in [-0.15, -0.1) is 11.3 Å². The largest absolute Gasteiger partial charge is 0.347 e. The van der Waals surface area contributed by atoms with Crippen LogP contribution in [-0.2, 0) is 6.54 Å². The molecule has 0 aliphatic carbocycles. The highest BCUT2D eigenvalue weighted by atomic mass is 32.1. The maximum absolute atomic E-state index is 13.1. The van der Waals surface area contributed by atoms with Crippen LogP contribution in [0.2, 0.25) is 0 Å². The van der Waals surface area contributed by atoms with Crippen LogP contribution in [0.3, 0.4) is 0 Å². The smallest absolute Gasteiger partial charge is 0.269 e. The molecule has 0 saturated carbocycles. The number of rotatable bonds is 4. The fourth-order valence-corrected chi connectivity index (χ4v) is 3.34. The number of nitrogens with zero attached hydrogens (tertiary/aromatic N) is 3. The van der Waals surface area contributed by atoms with Crippen LogP contribution in [-0.4, -0.2) is 20.3 Å². The van der Waals surface area contributed by atoms with Crippen molar-refractivity contribution in [1.29, 1.82) is 0 Å². The molecule has 0 aliphatic heterocycles. The molecule has 0 unspecified atom stereocenters. The molecule has 124 valence electrons. The van der Waals surface area contributed by atoms with E-state index in [0.29, 0.717) is 22.9 Å². The van der Waals surface area contributed by atoms with E-state index in [1.807, 2.05) is 12.1 Å². The van der Waals surface area contributed by atoms with Gasteiger partial charge in [0.1, 0.15) is 11.5 Å². The highest BCUT2D eigenvalue weighted by Gasteiger charge is 2.15. The van der Waals surface area contributed by atoms with Gasteiger partial charge in [-0.3, -0.25) is 14.2 Å². The average molecular weight is 352 g/mol. The van der Waals surface area contributed by atoms with Crippen LogP contribution in [0.25, 0.3) is 16.2 Å². The lowest BCUT2D eigenvalue weighted by Gasteiger charge is -2.04. The molecule has 4 aromatic rings. The molecule has 3 heterocycles. The standard InChI is InChI=1S/C18H13FN4OS/c19-14-5-3-13(4-6-14)15-10-23-16(11-25-18(23)22-15)17(24)21-9-12-2-1-7-20-8-12/h1-8,10-11H,9H2,(H,21,24). The number of hydrogen-bond donors (Lipinski definition) is 1. The summed E-state index contributed by atoms with van der Waals surface area (Å²) in [5, 5.41) is 4.65. The van der Waals surface area contributed by atoms with Crippen LogP contribution in [0.15, 0.2) is 60.4 Å². The summed E-state index contributed by atoms with van der Waals surface area (Å²) in [5.41, 5.74) is 2.96. The summed E-state index contributed by atoms with van der Waals surface area (Å²) in [4.78, 5) is 21.7. The Labute approximate surface area is 146 Å². The second-order valence-electron chi connectivity index (χ2n) is 5.45. The lowest BCUT2D eigenvalue weighted by atomic mass is 10.2. The second kappa shape index (κ2) is 6.45. The molecule has 4 rings (SSSR count). The molecule has 1 amide bonds. The van der Waals surface area contributed by atoms with E-state index in [1.165, 1.54) is 23.5 Å². The van der Waals surface area contributed by atoms with Crippen molar-refractivity contribution in [2.75, 3.05) is 0 Å². The van der Waals surface area contributed by atoms with Gasteiger partial charge in [-0.05, 0) is 35.9 Å².